The molecule has 0 saturated carbocycles. The number of aromatic amines is 2. The van der Waals surface area contributed by atoms with Crippen LogP contribution in [0, 0.1) is 6.92 Å². The minimum Gasteiger partial charge on any atom is -0.326 e. The fourth-order valence-electron chi connectivity index (χ4n) is 1.69. The van der Waals surface area contributed by atoms with Crippen molar-refractivity contribution in [1.82, 2.24) is 14.8 Å². The van der Waals surface area contributed by atoms with Crippen molar-refractivity contribution in [1.29, 1.82) is 0 Å². The number of hydrogen-bond acceptors (Lipinski definition) is 3. The van der Waals surface area contributed by atoms with E-state index in [4.69, 9.17) is 5.73 Å². The molecule has 0 radical (unpaired) electrons. The molecule has 1 aromatic heterocycles. The number of aromatic nitrogens is 3. The second-order valence-electron chi connectivity index (χ2n) is 3.47. The standard InChI is InChI=1S/C10H12N4O2/c1-6-3-2-4-8(7(6)5-11)14-9(15)12-13-10(14)16/h2-4H,5,11H2,1H3,(H,12,15)(H,13,16). The second-order valence-corrected chi connectivity index (χ2v) is 3.47. The van der Waals surface area contributed by atoms with Crippen LogP contribution in [0.4, 0.5) is 0 Å². The van der Waals surface area contributed by atoms with Crippen LogP contribution < -0.4 is 17.1 Å². The lowest BCUT2D eigenvalue weighted by molar-refractivity contribution is 0.910. The maximum Gasteiger partial charge on any atom is 0.348 e. The molecular formula is C10H12N4O2. The predicted molar refractivity (Wildman–Crippen MR) is 59.6 cm³/mol. The molecule has 1 aromatic carbocycles. The lowest BCUT2D eigenvalue weighted by atomic mass is 10.1. The minimum atomic E-state index is -0.495. The van der Waals surface area contributed by atoms with Crippen molar-refractivity contribution in [2.45, 2.75) is 13.5 Å². The van der Waals surface area contributed by atoms with Crippen LogP contribution in [0.1, 0.15) is 11.1 Å². The monoisotopic (exact) mass is 220 g/mol. The molecule has 84 valence electrons. The minimum absolute atomic E-state index is 0.277. The Balaban J connectivity index is 2.79. The van der Waals surface area contributed by atoms with Crippen LogP contribution in [0.5, 0.6) is 0 Å². The van der Waals surface area contributed by atoms with E-state index in [1.807, 2.05) is 13.0 Å². The van der Waals surface area contributed by atoms with Crippen LogP contribution in [0.15, 0.2) is 27.8 Å². The molecule has 16 heavy (non-hydrogen) atoms. The van der Waals surface area contributed by atoms with E-state index in [-0.39, 0.29) is 6.54 Å². The second kappa shape index (κ2) is 3.82. The van der Waals surface area contributed by atoms with Gasteiger partial charge in [0, 0.05) is 6.54 Å². The van der Waals surface area contributed by atoms with Crippen molar-refractivity contribution >= 4 is 0 Å². The molecule has 2 rings (SSSR count). The first kappa shape index (κ1) is 10.4. The number of nitrogens with zero attached hydrogens (tertiary/aromatic N) is 1. The smallest absolute Gasteiger partial charge is 0.326 e. The van der Waals surface area contributed by atoms with Crippen LogP contribution in [0.3, 0.4) is 0 Å². The van der Waals surface area contributed by atoms with Crippen LogP contribution in [-0.4, -0.2) is 14.8 Å². The molecule has 0 bridgehead atoms. The number of rotatable bonds is 2. The Morgan fingerprint density at radius 3 is 2.44 bits per heavy atom. The molecule has 0 aliphatic heterocycles. The largest absolute Gasteiger partial charge is 0.348 e. The van der Waals surface area contributed by atoms with Gasteiger partial charge in [-0.05, 0) is 24.1 Å². The van der Waals surface area contributed by atoms with E-state index in [9.17, 15) is 9.59 Å². The highest BCUT2D eigenvalue weighted by molar-refractivity contribution is 5.45. The number of nitrogens with two attached hydrogens (primary N) is 1. The summed E-state index contributed by atoms with van der Waals surface area (Å²) in [4.78, 5) is 22.9. The molecule has 6 heteroatoms. The Bertz CT molecular complexity index is 593. The summed E-state index contributed by atoms with van der Waals surface area (Å²) in [5.41, 5.74) is 6.89. The third-order valence-corrected chi connectivity index (χ3v) is 2.51. The number of H-pyrrole nitrogens is 2. The van der Waals surface area contributed by atoms with Crippen LogP contribution in [0.25, 0.3) is 5.69 Å². The third kappa shape index (κ3) is 1.49. The van der Waals surface area contributed by atoms with E-state index < -0.39 is 11.4 Å². The fourth-order valence-corrected chi connectivity index (χ4v) is 1.69. The Labute approximate surface area is 90.7 Å². The lowest BCUT2D eigenvalue weighted by Crippen LogP contribution is -2.26. The summed E-state index contributed by atoms with van der Waals surface area (Å²) >= 11 is 0. The molecule has 6 nitrogen and oxygen atoms in total. The van der Waals surface area contributed by atoms with Gasteiger partial charge in [0.25, 0.3) is 0 Å². The average Bonchev–Trinajstić information content (AvgIpc) is 2.58. The normalized spacial score (nSPS) is 10.6. The number of benzene rings is 1. The zero-order chi connectivity index (χ0) is 11.7. The quantitative estimate of drug-likeness (QED) is 0.643. The van der Waals surface area contributed by atoms with E-state index in [1.165, 1.54) is 0 Å². The van der Waals surface area contributed by atoms with Crippen molar-refractivity contribution in [3.63, 3.8) is 0 Å². The van der Waals surface area contributed by atoms with E-state index >= 15 is 0 Å². The topological polar surface area (TPSA) is 96.7 Å². The predicted octanol–water partition coefficient (Wildman–Crippen LogP) is -0.379. The SMILES string of the molecule is Cc1cccc(-n2c(=O)[nH][nH]c2=O)c1CN. The van der Waals surface area contributed by atoms with Gasteiger partial charge >= 0.3 is 11.4 Å². The van der Waals surface area contributed by atoms with Gasteiger partial charge in [0.15, 0.2) is 0 Å². The van der Waals surface area contributed by atoms with Gasteiger partial charge in [-0.25, -0.2) is 24.4 Å². The van der Waals surface area contributed by atoms with E-state index in [0.717, 1.165) is 15.7 Å². The summed E-state index contributed by atoms with van der Waals surface area (Å²) in [6.45, 7) is 2.16. The zero-order valence-electron chi connectivity index (χ0n) is 8.78. The third-order valence-electron chi connectivity index (χ3n) is 2.51. The summed E-state index contributed by atoms with van der Waals surface area (Å²) in [6.07, 6.45) is 0. The van der Waals surface area contributed by atoms with Crippen molar-refractivity contribution in [3.05, 3.63) is 50.3 Å². The Hall–Kier alpha value is -2.08. The van der Waals surface area contributed by atoms with E-state index in [0.29, 0.717) is 5.69 Å². The molecular weight excluding hydrogens is 208 g/mol. The van der Waals surface area contributed by atoms with Gasteiger partial charge in [-0.1, -0.05) is 12.1 Å². The zero-order valence-corrected chi connectivity index (χ0v) is 8.78. The molecule has 0 saturated heterocycles. The molecule has 1 heterocycles. The van der Waals surface area contributed by atoms with Crippen molar-refractivity contribution < 1.29 is 0 Å². The first-order valence-electron chi connectivity index (χ1n) is 4.83. The van der Waals surface area contributed by atoms with Crippen LogP contribution in [0.2, 0.25) is 0 Å². The van der Waals surface area contributed by atoms with Gasteiger partial charge in [0.1, 0.15) is 0 Å². The maximum absolute atomic E-state index is 11.5. The number of aryl methyl sites for hydroxylation is 1. The van der Waals surface area contributed by atoms with Gasteiger partial charge in [0.2, 0.25) is 0 Å². The Kier molecular flexibility index (Phi) is 2.49. The van der Waals surface area contributed by atoms with Crippen molar-refractivity contribution in [2.75, 3.05) is 0 Å². The first-order valence-corrected chi connectivity index (χ1v) is 4.83. The maximum atomic E-state index is 11.5. The van der Waals surface area contributed by atoms with Gasteiger partial charge < -0.3 is 5.73 Å². The van der Waals surface area contributed by atoms with Crippen LogP contribution in [-0.2, 0) is 6.54 Å². The van der Waals surface area contributed by atoms with E-state index in [1.54, 1.807) is 12.1 Å². The Morgan fingerprint density at radius 1 is 1.25 bits per heavy atom. The molecule has 0 fully saturated rings. The summed E-state index contributed by atoms with van der Waals surface area (Å²) in [7, 11) is 0. The summed E-state index contributed by atoms with van der Waals surface area (Å²) < 4.78 is 1.04. The molecule has 0 unspecified atom stereocenters. The molecule has 0 atom stereocenters. The van der Waals surface area contributed by atoms with Crippen molar-refractivity contribution in [3.8, 4) is 5.69 Å². The lowest BCUT2D eigenvalue weighted by Gasteiger charge is -2.09. The molecule has 4 N–H and O–H groups in total. The first-order chi connectivity index (χ1) is 7.65. The summed E-state index contributed by atoms with van der Waals surface area (Å²) in [5.74, 6) is 0. The van der Waals surface area contributed by atoms with Gasteiger partial charge in [0.05, 0.1) is 5.69 Å². The highest BCUT2D eigenvalue weighted by Crippen LogP contribution is 2.15. The van der Waals surface area contributed by atoms with Crippen LogP contribution >= 0.6 is 0 Å². The number of hydrogen-bond donors (Lipinski definition) is 3. The summed E-state index contributed by atoms with van der Waals surface area (Å²) in [5, 5.41) is 4.47. The number of nitrogens with one attached hydrogen (secondary N) is 2. The summed E-state index contributed by atoms with van der Waals surface area (Å²) in [6, 6.07) is 5.36. The molecule has 0 aliphatic carbocycles. The molecule has 2 aromatic rings. The molecule has 0 spiro atoms. The van der Waals surface area contributed by atoms with Crippen molar-refractivity contribution in [2.24, 2.45) is 5.73 Å². The van der Waals surface area contributed by atoms with Gasteiger partial charge in [-0.3, -0.25) is 0 Å². The van der Waals surface area contributed by atoms with Gasteiger partial charge in [-0.15, -0.1) is 0 Å². The Morgan fingerprint density at radius 2 is 1.88 bits per heavy atom. The fraction of sp³-hybridized carbons (Fsp3) is 0.200. The molecule has 0 aliphatic rings. The highest BCUT2D eigenvalue weighted by atomic mass is 16.2. The highest BCUT2D eigenvalue weighted by Gasteiger charge is 2.11. The van der Waals surface area contributed by atoms with Gasteiger partial charge in [-0.2, -0.15) is 0 Å². The molecule has 0 amide bonds. The average molecular weight is 220 g/mol. The van der Waals surface area contributed by atoms with E-state index in [2.05, 4.69) is 10.2 Å².